The van der Waals surface area contributed by atoms with Crippen LogP contribution < -0.4 is 5.73 Å². The molecule has 0 unspecified atom stereocenters. The van der Waals surface area contributed by atoms with Crippen molar-refractivity contribution in [3.63, 3.8) is 0 Å². The summed E-state index contributed by atoms with van der Waals surface area (Å²) in [6, 6.07) is 3.92. The number of rotatable bonds is 3. The van der Waals surface area contributed by atoms with Crippen LogP contribution in [0.5, 0.6) is 0 Å². The van der Waals surface area contributed by atoms with Crippen LogP contribution in [0.15, 0.2) is 16.6 Å². The normalized spacial score (nSPS) is 10.2. The van der Waals surface area contributed by atoms with E-state index in [0.29, 0.717) is 5.56 Å². The number of primary amides is 1. The van der Waals surface area contributed by atoms with E-state index < -0.39 is 0 Å². The Morgan fingerprint density at radius 2 is 1.71 bits per heavy atom. The molecule has 1 aromatic carbocycles. The van der Waals surface area contributed by atoms with E-state index in [1.165, 1.54) is 0 Å². The van der Waals surface area contributed by atoms with Crippen molar-refractivity contribution < 1.29 is 4.79 Å². The van der Waals surface area contributed by atoms with Gasteiger partial charge in [0.1, 0.15) is 0 Å². The maximum absolute atomic E-state index is 11.3. The van der Waals surface area contributed by atoms with Crippen molar-refractivity contribution >= 4 is 21.8 Å². The van der Waals surface area contributed by atoms with Crippen LogP contribution in [0.4, 0.5) is 0 Å². The van der Waals surface area contributed by atoms with Crippen molar-refractivity contribution in [3.8, 4) is 0 Å². The minimum Gasteiger partial charge on any atom is -0.366 e. The van der Waals surface area contributed by atoms with Gasteiger partial charge in [0.15, 0.2) is 0 Å². The van der Waals surface area contributed by atoms with Crippen LogP contribution in [0.25, 0.3) is 0 Å². The van der Waals surface area contributed by atoms with Gasteiger partial charge < -0.3 is 5.73 Å². The molecule has 1 amide bonds. The Labute approximate surface area is 92.6 Å². The summed E-state index contributed by atoms with van der Waals surface area (Å²) in [5.41, 5.74) is 8.09. The van der Waals surface area contributed by atoms with Gasteiger partial charge in [0.2, 0.25) is 5.91 Å². The number of hydrogen-bond donors (Lipinski definition) is 1. The molecule has 0 aliphatic carbocycles. The molecule has 2 nitrogen and oxygen atoms in total. The topological polar surface area (TPSA) is 43.1 Å². The van der Waals surface area contributed by atoms with Gasteiger partial charge in [-0.3, -0.25) is 4.79 Å². The van der Waals surface area contributed by atoms with Crippen molar-refractivity contribution in [3.05, 3.63) is 33.3 Å². The second-order valence-electron chi connectivity index (χ2n) is 3.17. The number of carbonyl (C=O) groups excluding carboxylic acids is 1. The molecule has 2 N–H and O–H groups in total. The van der Waals surface area contributed by atoms with Gasteiger partial charge in [-0.1, -0.05) is 29.8 Å². The Balaban J connectivity index is 3.40. The number of carbonyl (C=O) groups is 1. The molecule has 0 bridgehead atoms. The Kier molecular flexibility index (Phi) is 3.69. The van der Waals surface area contributed by atoms with Crippen molar-refractivity contribution in [2.75, 3.05) is 0 Å². The summed E-state index contributed by atoms with van der Waals surface area (Å²) in [6.45, 7) is 4.04. The SMILES string of the molecule is CCc1cc(Br)cc(CC)c1C(N)=O. The lowest BCUT2D eigenvalue weighted by Crippen LogP contribution is -2.16. The van der Waals surface area contributed by atoms with E-state index in [-0.39, 0.29) is 5.91 Å². The fourth-order valence-corrected chi connectivity index (χ4v) is 2.15. The van der Waals surface area contributed by atoms with E-state index in [1.54, 1.807) is 0 Å². The largest absolute Gasteiger partial charge is 0.366 e. The third-order valence-electron chi connectivity index (χ3n) is 2.27. The van der Waals surface area contributed by atoms with Crippen molar-refractivity contribution in [1.29, 1.82) is 0 Å². The maximum atomic E-state index is 11.3. The fraction of sp³-hybridized carbons (Fsp3) is 0.364. The molecule has 1 aromatic rings. The monoisotopic (exact) mass is 255 g/mol. The second kappa shape index (κ2) is 4.60. The van der Waals surface area contributed by atoms with Gasteiger partial charge in [0.05, 0.1) is 0 Å². The van der Waals surface area contributed by atoms with E-state index >= 15 is 0 Å². The predicted molar refractivity (Wildman–Crippen MR) is 61.4 cm³/mol. The van der Waals surface area contributed by atoms with Crippen LogP contribution in [0, 0.1) is 0 Å². The molecule has 0 spiro atoms. The van der Waals surface area contributed by atoms with E-state index in [1.807, 2.05) is 26.0 Å². The van der Waals surface area contributed by atoms with E-state index in [2.05, 4.69) is 15.9 Å². The summed E-state index contributed by atoms with van der Waals surface area (Å²) < 4.78 is 1.01. The minimum atomic E-state index is -0.328. The molecule has 0 saturated carbocycles. The smallest absolute Gasteiger partial charge is 0.249 e. The van der Waals surface area contributed by atoms with Crippen LogP contribution >= 0.6 is 15.9 Å². The number of halogens is 1. The average molecular weight is 256 g/mol. The highest BCUT2D eigenvalue weighted by Gasteiger charge is 2.12. The summed E-state index contributed by atoms with van der Waals surface area (Å²) in [5.74, 6) is -0.328. The lowest BCUT2D eigenvalue weighted by atomic mass is 9.97. The Bertz CT molecular complexity index is 335. The third-order valence-corrected chi connectivity index (χ3v) is 2.73. The molecule has 0 saturated heterocycles. The van der Waals surface area contributed by atoms with Gasteiger partial charge in [-0.05, 0) is 36.1 Å². The zero-order valence-electron chi connectivity index (χ0n) is 8.43. The summed E-state index contributed by atoms with van der Waals surface area (Å²) >= 11 is 3.43. The fourth-order valence-electron chi connectivity index (χ4n) is 1.60. The molecule has 1 rings (SSSR count). The minimum absolute atomic E-state index is 0.328. The number of nitrogens with two attached hydrogens (primary N) is 1. The molecular formula is C11H14BrNO. The number of benzene rings is 1. The van der Waals surface area contributed by atoms with Crippen LogP contribution in [-0.4, -0.2) is 5.91 Å². The Morgan fingerprint density at radius 1 is 1.29 bits per heavy atom. The summed E-state index contributed by atoms with van der Waals surface area (Å²) in [5, 5.41) is 0. The zero-order valence-corrected chi connectivity index (χ0v) is 10.0. The van der Waals surface area contributed by atoms with Gasteiger partial charge in [-0.15, -0.1) is 0 Å². The zero-order chi connectivity index (χ0) is 10.7. The van der Waals surface area contributed by atoms with Gasteiger partial charge >= 0.3 is 0 Å². The highest BCUT2D eigenvalue weighted by Crippen LogP contribution is 2.22. The highest BCUT2D eigenvalue weighted by atomic mass is 79.9. The summed E-state index contributed by atoms with van der Waals surface area (Å²) in [7, 11) is 0. The average Bonchev–Trinajstić information content (AvgIpc) is 2.15. The molecule has 0 radical (unpaired) electrons. The first kappa shape index (κ1) is 11.2. The molecule has 0 aliphatic rings. The first-order chi connectivity index (χ1) is 6.60. The van der Waals surface area contributed by atoms with Crippen molar-refractivity contribution in [2.45, 2.75) is 26.7 Å². The highest BCUT2D eigenvalue weighted by molar-refractivity contribution is 9.10. The maximum Gasteiger partial charge on any atom is 0.249 e. The Morgan fingerprint density at radius 3 is 2.00 bits per heavy atom. The molecule has 0 fully saturated rings. The lowest BCUT2D eigenvalue weighted by Gasteiger charge is -2.10. The summed E-state index contributed by atoms with van der Waals surface area (Å²) in [4.78, 5) is 11.3. The van der Waals surface area contributed by atoms with Crippen molar-refractivity contribution in [1.82, 2.24) is 0 Å². The number of aryl methyl sites for hydroxylation is 2. The standard InChI is InChI=1S/C11H14BrNO/c1-3-7-5-9(12)6-8(4-2)10(7)11(13)14/h5-6H,3-4H2,1-2H3,(H2,13,14). The van der Waals surface area contributed by atoms with Crippen LogP contribution in [0.2, 0.25) is 0 Å². The Hall–Kier alpha value is -0.830. The molecule has 0 aromatic heterocycles. The molecule has 3 heteroatoms. The molecule has 14 heavy (non-hydrogen) atoms. The van der Waals surface area contributed by atoms with E-state index in [9.17, 15) is 4.79 Å². The second-order valence-corrected chi connectivity index (χ2v) is 4.09. The molecule has 0 atom stereocenters. The van der Waals surface area contributed by atoms with E-state index in [0.717, 1.165) is 28.4 Å². The van der Waals surface area contributed by atoms with Crippen molar-refractivity contribution in [2.24, 2.45) is 5.73 Å². The molecule has 0 heterocycles. The number of amides is 1. The van der Waals surface area contributed by atoms with Gasteiger partial charge in [0, 0.05) is 10.0 Å². The quantitative estimate of drug-likeness (QED) is 0.887. The van der Waals surface area contributed by atoms with Crippen LogP contribution in [0.3, 0.4) is 0 Å². The van der Waals surface area contributed by atoms with E-state index in [4.69, 9.17) is 5.73 Å². The first-order valence-electron chi connectivity index (χ1n) is 4.71. The van der Waals surface area contributed by atoms with Gasteiger partial charge in [-0.25, -0.2) is 0 Å². The number of hydrogen-bond acceptors (Lipinski definition) is 1. The van der Waals surface area contributed by atoms with Gasteiger partial charge in [0.25, 0.3) is 0 Å². The third kappa shape index (κ3) is 2.15. The lowest BCUT2D eigenvalue weighted by molar-refractivity contribution is 0.0998. The van der Waals surface area contributed by atoms with Gasteiger partial charge in [-0.2, -0.15) is 0 Å². The van der Waals surface area contributed by atoms with Crippen LogP contribution in [0.1, 0.15) is 35.3 Å². The predicted octanol–water partition coefficient (Wildman–Crippen LogP) is 2.67. The van der Waals surface area contributed by atoms with Crippen LogP contribution in [-0.2, 0) is 12.8 Å². The summed E-state index contributed by atoms with van der Waals surface area (Å²) in [6.07, 6.45) is 1.65. The molecular weight excluding hydrogens is 242 g/mol. The molecule has 76 valence electrons. The first-order valence-corrected chi connectivity index (χ1v) is 5.50. The molecule has 0 aliphatic heterocycles.